The Hall–Kier alpha value is -0.600. The molecular formula is C15H18BrN. The molecule has 3 unspecified atom stereocenters. The molecule has 3 atom stereocenters. The summed E-state index contributed by atoms with van der Waals surface area (Å²) in [6, 6.07) is 9.07. The quantitative estimate of drug-likeness (QED) is 0.873. The van der Waals surface area contributed by atoms with Gasteiger partial charge in [-0.1, -0.05) is 46.6 Å². The molecule has 0 aromatic heterocycles. The lowest BCUT2D eigenvalue weighted by molar-refractivity contribution is 0.456. The third-order valence-corrected chi connectivity index (χ3v) is 4.63. The summed E-state index contributed by atoms with van der Waals surface area (Å²) in [5.74, 6) is 1.82. The van der Waals surface area contributed by atoms with E-state index in [0.717, 1.165) is 16.3 Å². The van der Waals surface area contributed by atoms with Crippen molar-refractivity contribution in [3.05, 3.63) is 40.4 Å². The van der Waals surface area contributed by atoms with Gasteiger partial charge in [-0.05, 0) is 48.9 Å². The highest BCUT2D eigenvalue weighted by Gasteiger charge is 2.37. The van der Waals surface area contributed by atoms with E-state index in [-0.39, 0.29) is 0 Å². The first-order valence-electron chi connectivity index (χ1n) is 6.50. The van der Waals surface area contributed by atoms with E-state index >= 15 is 0 Å². The fraction of sp³-hybridized carbons (Fsp3) is 0.467. The van der Waals surface area contributed by atoms with Crippen LogP contribution in [0, 0.1) is 11.8 Å². The molecule has 90 valence electrons. The summed E-state index contributed by atoms with van der Waals surface area (Å²) < 4.78 is 1.15. The molecule has 2 heteroatoms. The molecule has 2 aliphatic rings. The van der Waals surface area contributed by atoms with Gasteiger partial charge in [0.05, 0.1) is 0 Å². The van der Waals surface area contributed by atoms with Crippen molar-refractivity contribution < 1.29 is 0 Å². The Morgan fingerprint density at radius 2 is 2.24 bits per heavy atom. The van der Waals surface area contributed by atoms with Crippen molar-refractivity contribution in [3.8, 4) is 0 Å². The molecule has 0 amide bonds. The van der Waals surface area contributed by atoms with Crippen LogP contribution in [0.1, 0.15) is 24.8 Å². The summed E-state index contributed by atoms with van der Waals surface area (Å²) >= 11 is 3.51. The van der Waals surface area contributed by atoms with Crippen LogP contribution in [-0.2, 0) is 0 Å². The van der Waals surface area contributed by atoms with Crippen molar-refractivity contribution in [2.45, 2.75) is 25.3 Å². The van der Waals surface area contributed by atoms with Crippen LogP contribution in [0.5, 0.6) is 0 Å². The lowest BCUT2D eigenvalue weighted by Crippen LogP contribution is -2.23. The van der Waals surface area contributed by atoms with Gasteiger partial charge in [-0.25, -0.2) is 0 Å². The average molecular weight is 292 g/mol. The van der Waals surface area contributed by atoms with Gasteiger partial charge in [0.2, 0.25) is 0 Å². The van der Waals surface area contributed by atoms with E-state index in [1.807, 2.05) is 0 Å². The number of fused-ring (bicyclic) bond motifs is 1. The highest BCUT2D eigenvalue weighted by molar-refractivity contribution is 9.10. The van der Waals surface area contributed by atoms with Gasteiger partial charge in [-0.15, -0.1) is 0 Å². The highest BCUT2D eigenvalue weighted by Crippen LogP contribution is 2.38. The predicted octanol–water partition coefficient (Wildman–Crippen LogP) is 3.85. The molecule has 17 heavy (non-hydrogen) atoms. The summed E-state index contributed by atoms with van der Waals surface area (Å²) in [7, 11) is 0. The van der Waals surface area contributed by atoms with Gasteiger partial charge < -0.3 is 5.32 Å². The first-order valence-corrected chi connectivity index (χ1v) is 7.29. The van der Waals surface area contributed by atoms with Gasteiger partial charge >= 0.3 is 0 Å². The van der Waals surface area contributed by atoms with Crippen LogP contribution in [0.25, 0.3) is 6.08 Å². The van der Waals surface area contributed by atoms with Crippen LogP contribution in [0.3, 0.4) is 0 Å². The van der Waals surface area contributed by atoms with Crippen molar-refractivity contribution >= 4 is 22.0 Å². The summed E-state index contributed by atoms with van der Waals surface area (Å²) in [5.41, 5.74) is 1.28. The van der Waals surface area contributed by atoms with Crippen LogP contribution in [0.4, 0.5) is 0 Å². The summed E-state index contributed by atoms with van der Waals surface area (Å²) in [4.78, 5) is 0. The van der Waals surface area contributed by atoms with E-state index in [4.69, 9.17) is 0 Å². The van der Waals surface area contributed by atoms with E-state index in [9.17, 15) is 0 Å². The van der Waals surface area contributed by atoms with Gasteiger partial charge in [0.25, 0.3) is 0 Å². The fourth-order valence-electron chi connectivity index (χ4n) is 3.27. The molecule has 1 aromatic carbocycles. The zero-order chi connectivity index (χ0) is 11.7. The van der Waals surface area contributed by atoms with E-state index in [2.05, 4.69) is 57.7 Å². The Morgan fingerprint density at radius 3 is 3.12 bits per heavy atom. The Kier molecular flexibility index (Phi) is 3.34. The molecule has 1 heterocycles. The first-order chi connectivity index (χ1) is 8.33. The lowest BCUT2D eigenvalue weighted by atomic mass is 9.93. The van der Waals surface area contributed by atoms with Gasteiger partial charge in [-0.3, -0.25) is 0 Å². The molecule has 0 bridgehead atoms. The normalized spacial score (nSPS) is 32.2. The first kappa shape index (κ1) is 11.5. The molecule has 1 N–H and O–H groups in total. The van der Waals surface area contributed by atoms with E-state index in [1.165, 1.54) is 31.4 Å². The van der Waals surface area contributed by atoms with Crippen molar-refractivity contribution in [2.24, 2.45) is 11.8 Å². The molecule has 1 aliphatic heterocycles. The molecule has 1 saturated carbocycles. The SMILES string of the molecule is Brc1cccc(/C=C/C2NCC3CCCC32)c1. The van der Waals surface area contributed by atoms with Crippen LogP contribution in [0.15, 0.2) is 34.8 Å². The minimum absolute atomic E-state index is 0.599. The van der Waals surface area contributed by atoms with Gasteiger partial charge in [0.15, 0.2) is 0 Å². The second-order valence-electron chi connectivity index (χ2n) is 5.20. The molecule has 0 spiro atoms. The van der Waals surface area contributed by atoms with Crippen molar-refractivity contribution in [2.75, 3.05) is 6.54 Å². The second kappa shape index (κ2) is 4.95. The van der Waals surface area contributed by atoms with E-state index < -0.39 is 0 Å². The summed E-state index contributed by atoms with van der Waals surface area (Å²) in [6.45, 7) is 1.22. The smallest absolute Gasteiger partial charge is 0.0284 e. The zero-order valence-electron chi connectivity index (χ0n) is 9.90. The summed E-state index contributed by atoms with van der Waals surface area (Å²) in [6.07, 6.45) is 8.88. The van der Waals surface area contributed by atoms with Gasteiger partial charge in [0, 0.05) is 10.5 Å². The van der Waals surface area contributed by atoms with Gasteiger partial charge in [-0.2, -0.15) is 0 Å². The molecule has 1 nitrogen and oxygen atoms in total. The third kappa shape index (κ3) is 2.48. The highest BCUT2D eigenvalue weighted by atomic mass is 79.9. The topological polar surface area (TPSA) is 12.0 Å². The maximum Gasteiger partial charge on any atom is 0.0284 e. The molecule has 0 radical (unpaired) electrons. The molecular weight excluding hydrogens is 274 g/mol. The predicted molar refractivity (Wildman–Crippen MR) is 75.8 cm³/mol. The summed E-state index contributed by atoms with van der Waals surface area (Å²) in [5, 5.41) is 3.64. The fourth-order valence-corrected chi connectivity index (χ4v) is 3.68. The lowest BCUT2D eigenvalue weighted by Gasteiger charge is -2.13. The molecule has 2 fully saturated rings. The van der Waals surface area contributed by atoms with Crippen LogP contribution in [0.2, 0.25) is 0 Å². The third-order valence-electron chi connectivity index (χ3n) is 4.14. The Bertz CT molecular complexity index is 427. The molecule has 1 aliphatic carbocycles. The van der Waals surface area contributed by atoms with E-state index in [0.29, 0.717) is 6.04 Å². The molecule has 1 aromatic rings. The van der Waals surface area contributed by atoms with Crippen molar-refractivity contribution in [1.82, 2.24) is 5.32 Å². The Morgan fingerprint density at radius 1 is 1.29 bits per heavy atom. The minimum Gasteiger partial charge on any atom is -0.310 e. The van der Waals surface area contributed by atoms with Crippen molar-refractivity contribution in [1.29, 1.82) is 0 Å². The number of benzene rings is 1. The number of hydrogen-bond donors (Lipinski definition) is 1. The van der Waals surface area contributed by atoms with E-state index in [1.54, 1.807) is 0 Å². The average Bonchev–Trinajstić information content (AvgIpc) is 2.89. The van der Waals surface area contributed by atoms with Gasteiger partial charge in [0.1, 0.15) is 0 Å². The van der Waals surface area contributed by atoms with Crippen LogP contribution >= 0.6 is 15.9 Å². The number of halogens is 1. The zero-order valence-corrected chi connectivity index (χ0v) is 11.5. The minimum atomic E-state index is 0.599. The number of hydrogen-bond acceptors (Lipinski definition) is 1. The Balaban J connectivity index is 1.70. The van der Waals surface area contributed by atoms with Crippen molar-refractivity contribution in [3.63, 3.8) is 0 Å². The maximum absolute atomic E-state index is 3.64. The largest absolute Gasteiger partial charge is 0.310 e. The Labute approximate surface area is 111 Å². The molecule has 3 rings (SSSR count). The second-order valence-corrected chi connectivity index (χ2v) is 6.12. The van der Waals surface area contributed by atoms with Crippen LogP contribution < -0.4 is 5.32 Å². The number of nitrogens with one attached hydrogen (secondary N) is 1. The molecule has 1 saturated heterocycles. The maximum atomic E-state index is 3.64. The number of rotatable bonds is 2. The standard InChI is InChI=1S/C15H18BrN/c16-13-5-1-3-11(9-13)7-8-15-14-6-2-4-12(14)10-17-15/h1,3,5,7-9,12,14-15,17H,2,4,6,10H2/b8-7+. The monoisotopic (exact) mass is 291 g/mol. The van der Waals surface area contributed by atoms with Crippen LogP contribution in [-0.4, -0.2) is 12.6 Å².